The number of aryl methyl sites for hydroxylation is 2. The fraction of sp³-hybridized carbons (Fsp3) is 0.321. The van der Waals surface area contributed by atoms with E-state index in [1.165, 1.54) is 12.8 Å². The number of nitrogens with one attached hydrogen (secondary N) is 2. The number of hydrogen-bond acceptors (Lipinski definition) is 4. The van der Waals surface area contributed by atoms with Crippen molar-refractivity contribution in [2.75, 3.05) is 11.9 Å². The molecule has 38 heavy (non-hydrogen) atoms. The van der Waals surface area contributed by atoms with E-state index in [1.807, 2.05) is 44.4 Å². The van der Waals surface area contributed by atoms with E-state index in [0.29, 0.717) is 23.7 Å². The standard InChI is InChI=1S/C28H29F3N6O/c1-3-18-6-4-9-23(12-18)37-24(14-25(35-37)28(29,30)31)27(38)34-22-8-5-7-20(13-22)26(32-15-19-10-11-19)21-16-33-36(2)17-21/h4-9,12-14,16-17,19,26,32H,3,10-11,15H2,1-2H3,(H,34,38). The van der Waals surface area contributed by atoms with Gasteiger partial charge in [0.05, 0.1) is 17.9 Å². The van der Waals surface area contributed by atoms with Gasteiger partial charge in [-0.05, 0) is 67.1 Å². The number of amides is 1. The molecule has 0 radical (unpaired) electrons. The summed E-state index contributed by atoms with van der Waals surface area (Å²) in [5.41, 5.74) is 2.35. The Kier molecular flexibility index (Phi) is 7.07. The zero-order chi connectivity index (χ0) is 26.9. The van der Waals surface area contributed by atoms with Gasteiger partial charge in [-0.15, -0.1) is 0 Å². The number of benzene rings is 2. The SMILES string of the molecule is CCc1cccc(-n2nc(C(F)(F)F)cc2C(=O)Nc2cccc(C(NCC3CC3)c3cnn(C)c3)c2)c1. The number of hydrogen-bond donors (Lipinski definition) is 2. The summed E-state index contributed by atoms with van der Waals surface area (Å²) in [6, 6.07) is 14.9. The second-order valence-corrected chi connectivity index (χ2v) is 9.66. The average Bonchev–Trinajstić information content (AvgIpc) is 3.43. The molecule has 1 fully saturated rings. The van der Waals surface area contributed by atoms with Crippen LogP contribution < -0.4 is 10.6 Å². The van der Waals surface area contributed by atoms with E-state index >= 15 is 0 Å². The number of alkyl halides is 3. The first-order chi connectivity index (χ1) is 18.2. The van der Waals surface area contributed by atoms with Gasteiger partial charge in [-0.1, -0.05) is 31.2 Å². The first kappa shape index (κ1) is 25.7. The predicted octanol–water partition coefficient (Wildman–Crippen LogP) is 5.53. The second kappa shape index (κ2) is 10.4. The van der Waals surface area contributed by atoms with E-state index < -0.39 is 17.8 Å². The van der Waals surface area contributed by atoms with Gasteiger partial charge in [0, 0.05) is 30.6 Å². The third kappa shape index (κ3) is 5.80. The number of carbonyl (C=O) groups is 1. The zero-order valence-electron chi connectivity index (χ0n) is 21.2. The van der Waals surface area contributed by atoms with Crippen molar-refractivity contribution >= 4 is 11.6 Å². The van der Waals surface area contributed by atoms with Crippen LogP contribution in [0, 0.1) is 5.92 Å². The molecule has 1 aliphatic rings. The van der Waals surface area contributed by atoms with Crippen molar-refractivity contribution in [3.63, 3.8) is 0 Å². The van der Waals surface area contributed by atoms with Crippen LogP contribution in [0.1, 0.15) is 58.7 Å². The number of halogens is 3. The van der Waals surface area contributed by atoms with Gasteiger partial charge >= 0.3 is 6.18 Å². The van der Waals surface area contributed by atoms with Crippen LogP contribution in [0.4, 0.5) is 18.9 Å². The smallest absolute Gasteiger partial charge is 0.321 e. The van der Waals surface area contributed by atoms with Gasteiger partial charge in [-0.2, -0.15) is 23.4 Å². The van der Waals surface area contributed by atoms with Gasteiger partial charge in [-0.25, -0.2) is 4.68 Å². The third-order valence-electron chi connectivity index (χ3n) is 6.64. The molecule has 0 spiro atoms. The highest BCUT2D eigenvalue weighted by Gasteiger charge is 2.36. The monoisotopic (exact) mass is 522 g/mol. The minimum atomic E-state index is -4.69. The molecule has 5 rings (SSSR count). The van der Waals surface area contributed by atoms with Crippen LogP contribution in [0.2, 0.25) is 0 Å². The first-order valence-corrected chi connectivity index (χ1v) is 12.6. The van der Waals surface area contributed by atoms with Gasteiger partial charge in [0.15, 0.2) is 5.69 Å². The lowest BCUT2D eigenvalue weighted by atomic mass is 10.0. The van der Waals surface area contributed by atoms with Gasteiger partial charge in [-0.3, -0.25) is 9.48 Å². The lowest BCUT2D eigenvalue weighted by molar-refractivity contribution is -0.141. The largest absolute Gasteiger partial charge is 0.435 e. The van der Waals surface area contributed by atoms with Crippen molar-refractivity contribution in [3.8, 4) is 5.69 Å². The normalized spacial score (nSPS) is 14.4. The van der Waals surface area contributed by atoms with E-state index in [-0.39, 0.29) is 11.7 Å². The molecule has 2 heterocycles. The van der Waals surface area contributed by atoms with Crippen LogP contribution in [0.3, 0.4) is 0 Å². The van der Waals surface area contributed by atoms with Crippen molar-refractivity contribution < 1.29 is 18.0 Å². The molecule has 0 bridgehead atoms. The summed E-state index contributed by atoms with van der Waals surface area (Å²) in [5, 5.41) is 14.4. The number of nitrogens with zero attached hydrogens (tertiary/aromatic N) is 4. The topological polar surface area (TPSA) is 76.8 Å². The minimum absolute atomic E-state index is 0.139. The van der Waals surface area contributed by atoms with E-state index in [9.17, 15) is 18.0 Å². The van der Waals surface area contributed by atoms with Crippen LogP contribution >= 0.6 is 0 Å². The molecule has 1 amide bonds. The molecule has 1 atom stereocenters. The van der Waals surface area contributed by atoms with E-state index in [4.69, 9.17) is 0 Å². The van der Waals surface area contributed by atoms with E-state index in [0.717, 1.165) is 34.0 Å². The molecular weight excluding hydrogens is 493 g/mol. The molecule has 2 aromatic heterocycles. The molecule has 2 aromatic carbocycles. The Morgan fingerprint density at radius 1 is 1.11 bits per heavy atom. The third-order valence-corrected chi connectivity index (χ3v) is 6.64. The maximum Gasteiger partial charge on any atom is 0.435 e. The zero-order valence-corrected chi connectivity index (χ0v) is 21.2. The van der Waals surface area contributed by atoms with Crippen molar-refractivity contribution in [2.45, 2.75) is 38.4 Å². The Bertz CT molecular complexity index is 1440. The quantitative estimate of drug-likeness (QED) is 0.303. The van der Waals surface area contributed by atoms with Crippen molar-refractivity contribution in [2.24, 2.45) is 13.0 Å². The van der Waals surface area contributed by atoms with Crippen LogP contribution in [0.25, 0.3) is 5.69 Å². The molecule has 0 saturated heterocycles. The Morgan fingerprint density at radius 2 is 1.89 bits per heavy atom. The molecule has 1 unspecified atom stereocenters. The summed E-state index contributed by atoms with van der Waals surface area (Å²) in [7, 11) is 1.85. The maximum atomic E-state index is 13.5. The van der Waals surface area contributed by atoms with Crippen molar-refractivity contribution in [3.05, 3.63) is 95.1 Å². The van der Waals surface area contributed by atoms with Gasteiger partial charge in [0.1, 0.15) is 5.69 Å². The number of anilines is 1. The fourth-order valence-corrected chi connectivity index (χ4v) is 4.40. The van der Waals surface area contributed by atoms with Crippen molar-refractivity contribution in [1.29, 1.82) is 0 Å². The fourth-order valence-electron chi connectivity index (χ4n) is 4.40. The van der Waals surface area contributed by atoms with Crippen molar-refractivity contribution in [1.82, 2.24) is 24.9 Å². The summed E-state index contributed by atoms with van der Waals surface area (Å²) in [4.78, 5) is 13.3. The molecule has 1 saturated carbocycles. The molecule has 7 nitrogen and oxygen atoms in total. The Labute approximate surface area is 218 Å². The van der Waals surface area contributed by atoms with Gasteiger partial charge in [0.25, 0.3) is 5.91 Å². The molecule has 4 aromatic rings. The average molecular weight is 523 g/mol. The summed E-state index contributed by atoms with van der Waals surface area (Å²) in [5.74, 6) is -0.0256. The first-order valence-electron chi connectivity index (χ1n) is 12.6. The van der Waals surface area contributed by atoms with Crippen LogP contribution in [0.15, 0.2) is 67.0 Å². The Hall–Kier alpha value is -3.92. The summed E-state index contributed by atoms with van der Waals surface area (Å²) >= 11 is 0. The van der Waals surface area contributed by atoms with Crippen LogP contribution in [-0.2, 0) is 19.6 Å². The highest BCUT2D eigenvalue weighted by Crippen LogP contribution is 2.32. The Balaban J connectivity index is 1.44. The van der Waals surface area contributed by atoms with Crippen LogP contribution in [-0.4, -0.2) is 32.0 Å². The summed E-state index contributed by atoms with van der Waals surface area (Å²) in [6.45, 7) is 2.81. The lowest BCUT2D eigenvalue weighted by Gasteiger charge is -2.19. The number of rotatable bonds is 9. The lowest BCUT2D eigenvalue weighted by Crippen LogP contribution is -2.24. The molecule has 2 N–H and O–H groups in total. The molecule has 1 aliphatic carbocycles. The van der Waals surface area contributed by atoms with Crippen LogP contribution in [0.5, 0.6) is 0 Å². The number of carbonyl (C=O) groups excluding carboxylic acids is 1. The van der Waals surface area contributed by atoms with E-state index in [2.05, 4.69) is 20.8 Å². The maximum absolute atomic E-state index is 13.5. The molecule has 198 valence electrons. The molecule has 10 heteroatoms. The predicted molar refractivity (Wildman–Crippen MR) is 138 cm³/mol. The second-order valence-electron chi connectivity index (χ2n) is 9.66. The van der Waals surface area contributed by atoms with E-state index in [1.54, 1.807) is 35.1 Å². The summed E-state index contributed by atoms with van der Waals surface area (Å²) < 4.78 is 43.4. The Morgan fingerprint density at radius 3 is 2.58 bits per heavy atom. The highest BCUT2D eigenvalue weighted by atomic mass is 19.4. The molecule has 0 aliphatic heterocycles. The summed E-state index contributed by atoms with van der Waals surface area (Å²) in [6.07, 6.45) is 2.17. The van der Waals surface area contributed by atoms with Gasteiger partial charge in [0.2, 0.25) is 0 Å². The minimum Gasteiger partial charge on any atom is -0.321 e. The van der Waals surface area contributed by atoms with Gasteiger partial charge < -0.3 is 10.6 Å². The molecular formula is C28H29F3N6O. The highest BCUT2D eigenvalue weighted by molar-refractivity contribution is 6.03. The number of aromatic nitrogens is 4.